The Morgan fingerprint density at radius 3 is 3.00 bits per heavy atom. The van der Waals surface area contributed by atoms with E-state index in [2.05, 4.69) is 20.8 Å². The standard InChI is InChI=1S/C15H15N3OS/c1-11-5-2-9-14(17-11)20(19)18-13-8-3-6-12-7-4-10-16-15(12)13/h2,4-5,7-10,18H,3,6H2,1H3. The lowest BCUT2D eigenvalue weighted by molar-refractivity contribution is 0.586. The molecule has 0 amide bonds. The Balaban J connectivity index is 1.83. The van der Waals surface area contributed by atoms with Crippen molar-refractivity contribution in [1.29, 1.82) is 0 Å². The Hall–Kier alpha value is -1.85. The van der Waals surface area contributed by atoms with Crippen molar-refractivity contribution in [2.24, 2.45) is 0 Å². The highest BCUT2D eigenvalue weighted by Crippen LogP contribution is 2.23. The third-order valence-electron chi connectivity index (χ3n) is 3.16. The van der Waals surface area contributed by atoms with Crippen molar-refractivity contribution in [3.8, 4) is 0 Å². The van der Waals surface area contributed by atoms with Crippen LogP contribution in [-0.4, -0.2) is 14.5 Å². The van der Waals surface area contributed by atoms with Gasteiger partial charge in [0.25, 0.3) is 5.03 Å². The zero-order chi connectivity index (χ0) is 13.9. The van der Waals surface area contributed by atoms with Crippen molar-refractivity contribution in [3.63, 3.8) is 0 Å². The summed E-state index contributed by atoms with van der Waals surface area (Å²) in [4.78, 5) is 8.66. The number of hydrogen-bond donors (Lipinski definition) is 1. The van der Waals surface area contributed by atoms with E-state index in [9.17, 15) is 4.55 Å². The Morgan fingerprint density at radius 2 is 2.15 bits per heavy atom. The van der Waals surface area contributed by atoms with E-state index in [1.807, 2.05) is 31.2 Å². The third-order valence-corrected chi connectivity index (χ3v) is 4.18. The van der Waals surface area contributed by atoms with Crippen LogP contribution in [0.4, 0.5) is 0 Å². The van der Waals surface area contributed by atoms with Gasteiger partial charge in [0.1, 0.15) is 17.1 Å². The lowest BCUT2D eigenvalue weighted by Crippen LogP contribution is -2.25. The summed E-state index contributed by atoms with van der Waals surface area (Å²) in [7, 11) is 0. The minimum Gasteiger partial charge on any atom is -0.587 e. The first kappa shape index (κ1) is 13.1. The van der Waals surface area contributed by atoms with Crippen molar-refractivity contribution in [2.45, 2.75) is 24.8 Å². The van der Waals surface area contributed by atoms with E-state index < -0.39 is 11.4 Å². The zero-order valence-corrected chi connectivity index (χ0v) is 12.0. The first-order valence-corrected chi connectivity index (χ1v) is 7.65. The summed E-state index contributed by atoms with van der Waals surface area (Å²) in [5.41, 5.74) is 3.76. The number of aryl methyl sites for hydroxylation is 2. The van der Waals surface area contributed by atoms with Gasteiger partial charge in [0.05, 0.1) is 5.69 Å². The van der Waals surface area contributed by atoms with Crippen LogP contribution >= 0.6 is 0 Å². The van der Waals surface area contributed by atoms with Gasteiger partial charge in [-0.1, -0.05) is 18.2 Å². The topological polar surface area (TPSA) is 60.9 Å². The summed E-state index contributed by atoms with van der Waals surface area (Å²) < 4.78 is 15.4. The van der Waals surface area contributed by atoms with Crippen LogP contribution in [0.15, 0.2) is 47.6 Å². The summed E-state index contributed by atoms with van der Waals surface area (Å²) in [6, 6.07) is 9.50. The molecule has 1 unspecified atom stereocenters. The molecule has 2 heterocycles. The number of fused-ring (bicyclic) bond motifs is 1. The lowest BCUT2D eigenvalue weighted by Gasteiger charge is -2.18. The SMILES string of the molecule is Cc1cccc([S+]([O-])NC2=CCCc3cccnc32)n1. The summed E-state index contributed by atoms with van der Waals surface area (Å²) in [5, 5.41) is 0.536. The molecule has 0 radical (unpaired) electrons. The van der Waals surface area contributed by atoms with Crippen LogP contribution in [0.2, 0.25) is 0 Å². The molecule has 0 spiro atoms. The van der Waals surface area contributed by atoms with E-state index in [1.165, 1.54) is 5.56 Å². The van der Waals surface area contributed by atoms with Crippen molar-refractivity contribution < 1.29 is 4.55 Å². The van der Waals surface area contributed by atoms with Gasteiger partial charge in [0.15, 0.2) is 0 Å². The molecule has 20 heavy (non-hydrogen) atoms. The number of hydrogen-bond acceptors (Lipinski definition) is 4. The molecule has 1 aliphatic carbocycles. The Labute approximate surface area is 121 Å². The molecular weight excluding hydrogens is 270 g/mol. The summed E-state index contributed by atoms with van der Waals surface area (Å²) in [5.74, 6) is 0. The average Bonchev–Trinajstić information content (AvgIpc) is 2.47. The van der Waals surface area contributed by atoms with Crippen LogP contribution in [-0.2, 0) is 17.8 Å². The number of nitrogens with zero attached hydrogens (tertiary/aromatic N) is 2. The normalized spacial score (nSPS) is 15.2. The van der Waals surface area contributed by atoms with E-state index in [-0.39, 0.29) is 0 Å². The smallest absolute Gasteiger partial charge is 0.271 e. The van der Waals surface area contributed by atoms with E-state index in [0.717, 1.165) is 29.9 Å². The predicted octanol–water partition coefficient (Wildman–Crippen LogP) is 2.38. The molecule has 0 saturated carbocycles. The highest BCUT2D eigenvalue weighted by Gasteiger charge is 2.20. The van der Waals surface area contributed by atoms with Gasteiger partial charge in [-0.3, -0.25) is 4.98 Å². The van der Waals surface area contributed by atoms with Crippen LogP contribution < -0.4 is 4.72 Å². The number of allylic oxidation sites excluding steroid dienone is 1. The van der Waals surface area contributed by atoms with Crippen LogP contribution in [0.5, 0.6) is 0 Å². The summed E-state index contributed by atoms with van der Waals surface area (Å²) in [6.45, 7) is 1.89. The van der Waals surface area contributed by atoms with Crippen molar-refractivity contribution in [2.75, 3.05) is 0 Å². The molecule has 1 aliphatic rings. The van der Waals surface area contributed by atoms with Gasteiger partial charge in [-0.25, -0.2) is 9.71 Å². The maximum Gasteiger partial charge on any atom is 0.271 e. The number of pyridine rings is 2. The molecule has 4 nitrogen and oxygen atoms in total. The van der Waals surface area contributed by atoms with Gasteiger partial charge in [-0.15, -0.1) is 0 Å². The fraction of sp³-hybridized carbons (Fsp3) is 0.200. The predicted molar refractivity (Wildman–Crippen MR) is 79.1 cm³/mol. The molecule has 5 heteroatoms. The molecule has 1 N–H and O–H groups in total. The quantitative estimate of drug-likeness (QED) is 0.880. The fourth-order valence-corrected chi connectivity index (χ4v) is 3.13. The molecule has 0 fully saturated rings. The molecule has 0 aliphatic heterocycles. The molecule has 0 saturated heterocycles. The van der Waals surface area contributed by atoms with Gasteiger partial charge >= 0.3 is 0 Å². The van der Waals surface area contributed by atoms with Crippen LogP contribution in [0, 0.1) is 6.92 Å². The minimum atomic E-state index is -1.37. The number of aromatic nitrogens is 2. The van der Waals surface area contributed by atoms with Gasteiger partial charge in [-0.05, 0) is 37.5 Å². The summed E-state index contributed by atoms with van der Waals surface area (Å²) >= 11 is -1.37. The molecule has 0 aromatic carbocycles. The zero-order valence-electron chi connectivity index (χ0n) is 11.2. The maximum atomic E-state index is 12.3. The Bertz CT molecular complexity index is 657. The van der Waals surface area contributed by atoms with Gasteiger partial charge < -0.3 is 4.55 Å². The monoisotopic (exact) mass is 285 g/mol. The van der Waals surface area contributed by atoms with E-state index in [0.29, 0.717) is 5.03 Å². The maximum absolute atomic E-state index is 12.3. The number of rotatable bonds is 3. The largest absolute Gasteiger partial charge is 0.587 e. The van der Waals surface area contributed by atoms with Crippen molar-refractivity contribution >= 4 is 17.1 Å². The highest BCUT2D eigenvalue weighted by molar-refractivity contribution is 7.89. The van der Waals surface area contributed by atoms with Gasteiger partial charge in [-0.2, -0.15) is 0 Å². The van der Waals surface area contributed by atoms with Crippen molar-refractivity contribution in [1.82, 2.24) is 14.7 Å². The molecule has 2 aromatic rings. The van der Waals surface area contributed by atoms with E-state index in [1.54, 1.807) is 12.3 Å². The first-order chi connectivity index (χ1) is 9.74. The van der Waals surface area contributed by atoms with E-state index >= 15 is 0 Å². The summed E-state index contributed by atoms with van der Waals surface area (Å²) in [6.07, 6.45) is 5.71. The van der Waals surface area contributed by atoms with Gasteiger partial charge in [0, 0.05) is 18.0 Å². The second-order valence-electron chi connectivity index (χ2n) is 4.66. The van der Waals surface area contributed by atoms with Gasteiger partial charge in [0.2, 0.25) is 0 Å². The molecule has 3 rings (SSSR count). The lowest BCUT2D eigenvalue weighted by atomic mass is 10.0. The fourth-order valence-electron chi connectivity index (χ4n) is 2.21. The van der Waals surface area contributed by atoms with Crippen LogP contribution in [0.1, 0.15) is 23.4 Å². The minimum absolute atomic E-state index is 0.536. The average molecular weight is 285 g/mol. The van der Waals surface area contributed by atoms with Crippen LogP contribution in [0.3, 0.4) is 0 Å². The number of nitrogens with one attached hydrogen (secondary N) is 1. The molecule has 2 aromatic heterocycles. The third kappa shape index (κ3) is 2.69. The Morgan fingerprint density at radius 1 is 1.25 bits per heavy atom. The van der Waals surface area contributed by atoms with Crippen molar-refractivity contribution in [3.05, 3.63) is 59.6 Å². The Kier molecular flexibility index (Phi) is 3.71. The molecule has 102 valence electrons. The first-order valence-electron chi connectivity index (χ1n) is 6.50. The second-order valence-corrected chi connectivity index (χ2v) is 5.82. The second kappa shape index (κ2) is 5.64. The molecule has 1 atom stereocenters. The van der Waals surface area contributed by atoms with Crippen LogP contribution in [0.25, 0.3) is 5.70 Å². The molecular formula is C15H15N3OS. The molecule has 0 bridgehead atoms. The highest BCUT2D eigenvalue weighted by atomic mass is 32.2. The van der Waals surface area contributed by atoms with E-state index in [4.69, 9.17) is 0 Å².